The van der Waals surface area contributed by atoms with E-state index >= 15 is 0 Å². The van der Waals surface area contributed by atoms with Crippen molar-refractivity contribution in [2.24, 2.45) is 0 Å². The molecule has 0 N–H and O–H groups in total. The second-order valence-corrected chi connectivity index (χ2v) is 5.56. The van der Waals surface area contributed by atoms with E-state index in [1.165, 1.54) is 5.30 Å². The third-order valence-electron chi connectivity index (χ3n) is 2.75. The third kappa shape index (κ3) is 3.64. The van der Waals surface area contributed by atoms with Crippen molar-refractivity contribution >= 4 is 13.9 Å². The second-order valence-electron chi connectivity index (χ2n) is 4.13. The van der Waals surface area contributed by atoms with E-state index < -0.39 is 0 Å². The third-order valence-corrected chi connectivity index (χ3v) is 3.99. The molecule has 0 amide bonds. The van der Waals surface area contributed by atoms with Gasteiger partial charge in [-0.2, -0.15) is 0 Å². The lowest BCUT2D eigenvalue weighted by molar-refractivity contribution is 0.616. The Morgan fingerprint density at radius 1 is 1.06 bits per heavy atom. The first-order chi connectivity index (χ1) is 8.25. The minimum Gasteiger partial charge on any atom is -0.207 e. The van der Waals surface area contributed by atoms with Gasteiger partial charge in [0.25, 0.3) is 0 Å². The molecule has 0 aliphatic heterocycles. The van der Waals surface area contributed by atoms with Crippen molar-refractivity contribution < 1.29 is 4.39 Å². The van der Waals surface area contributed by atoms with Gasteiger partial charge in [-0.15, -0.1) is 0 Å². The molecule has 0 nitrogen and oxygen atoms in total. The molecule has 0 spiro atoms. The van der Waals surface area contributed by atoms with Gasteiger partial charge in [0.2, 0.25) is 0 Å². The first kappa shape index (κ1) is 12.3. The number of hydrogen-bond donors (Lipinski definition) is 0. The average Bonchev–Trinajstić information content (AvgIpc) is 2.35. The molecule has 0 heterocycles. The Morgan fingerprint density at radius 3 is 2.53 bits per heavy atom. The van der Waals surface area contributed by atoms with Crippen LogP contribution >= 0.6 is 8.58 Å². The largest absolute Gasteiger partial charge is 0.207 e. The van der Waals surface area contributed by atoms with E-state index in [-0.39, 0.29) is 5.82 Å². The molecule has 2 aromatic carbocycles. The maximum Gasteiger partial charge on any atom is 0.126 e. The highest BCUT2D eigenvalue weighted by atomic mass is 31.1. The predicted octanol–water partition coefficient (Wildman–Crippen LogP) is 3.68. The summed E-state index contributed by atoms with van der Waals surface area (Å²) in [7, 11) is 0.802. The molecule has 0 bridgehead atoms. The van der Waals surface area contributed by atoms with Crippen LogP contribution in [0.1, 0.15) is 11.1 Å². The Kier molecular flexibility index (Phi) is 4.28. The average molecular weight is 246 g/mol. The molecular weight excluding hydrogens is 230 g/mol. The fourth-order valence-electron chi connectivity index (χ4n) is 1.70. The summed E-state index contributed by atoms with van der Waals surface area (Å²) in [6.07, 6.45) is 2.04. The van der Waals surface area contributed by atoms with Gasteiger partial charge in [-0.25, -0.2) is 4.39 Å². The highest BCUT2D eigenvalue weighted by molar-refractivity contribution is 7.47. The standard InChI is InChI=1S/C15H16FP/c1-12-7-8-13(11-15(12)16)9-10-17-14-5-3-2-4-6-14/h2-8,11,17H,9-10H2,1H3. The number of halogens is 1. The summed E-state index contributed by atoms with van der Waals surface area (Å²) in [5, 5.41) is 1.38. The first-order valence-corrected chi connectivity index (χ1v) is 7.00. The predicted molar refractivity (Wildman–Crippen MR) is 74.1 cm³/mol. The van der Waals surface area contributed by atoms with Gasteiger partial charge in [-0.1, -0.05) is 51.0 Å². The van der Waals surface area contributed by atoms with Gasteiger partial charge in [0.1, 0.15) is 5.82 Å². The van der Waals surface area contributed by atoms with E-state index in [9.17, 15) is 4.39 Å². The molecule has 1 atom stereocenters. The molecular formula is C15H16FP. The van der Waals surface area contributed by atoms with Gasteiger partial charge in [0.05, 0.1) is 0 Å². The summed E-state index contributed by atoms with van der Waals surface area (Å²) in [5.41, 5.74) is 1.82. The van der Waals surface area contributed by atoms with Gasteiger partial charge in [-0.05, 0) is 42.0 Å². The monoisotopic (exact) mass is 246 g/mol. The normalized spacial score (nSPS) is 11.2. The lowest BCUT2D eigenvalue weighted by atomic mass is 10.1. The summed E-state index contributed by atoms with van der Waals surface area (Å²) in [6, 6.07) is 16.0. The Morgan fingerprint density at radius 2 is 1.82 bits per heavy atom. The number of rotatable bonds is 4. The second kappa shape index (κ2) is 5.93. The number of aryl methyl sites for hydroxylation is 2. The van der Waals surface area contributed by atoms with Crippen molar-refractivity contribution in [3.8, 4) is 0 Å². The summed E-state index contributed by atoms with van der Waals surface area (Å²) in [5.74, 6) is -0.0921. The van der Waals surface area contributed by atoms with E-state index in [2.05, 4.69) is 24.3 Å². The van der Waals surface area contributed by atoms with Crippen LogP contribution in [0.15, 0.2) is 48.5 Å². The van der Waals surface area contributed by atoms with Crippen LogP contribution < -0.4 is 5.30 Å². The molecule has 17 heavy (non-hydrogen) atoms. The fourth-order valence-corrected chi connectivity index (χ4v) is 2.83. The van der Waals surface area contributed by atoms with E-state index in [1.54, 1.807) is 13.0 Å². The van der Waals surface area contributed by atoms with Crippen molar-refractivity contribution in [2.45, 2.75) is 13.3 Å². The molecule has 2 aromatic rings. The molecule has 2 rings (SSSR count). The van der Waals surface area contributed by atoms with E-state index in [0.717, 1.165) is 32.3 Å². The van der Waals surface area contributed by atoms with Crippen molar-refractivity contribution in [1.82, 2.24) is 0 Å². The summed E-state index contributed by atoms with van der Waals surface area (Å²) < 4.78 is 13.3. The number of hydrogen-bond acceptors (Lipinski definition) is 0. The summed E-state index contributed by atoms with van der Waals surface area (Å²) in [4.78, 5) is 0. The lowest BCUT2D eigenvalue weighted by Crippen LogP contribution is -1.96. The van der Waals surface area contributed by atoms with Crippen molar-refractivity contribution in [3.63, 3.8) is 0 Å². The van der Waals surface area contributed by atoms with Gasteiger partial charge in [0.15, 0.2) is 0 Å². The molecule has 0 fully saturated rings. The minimum absolute atomic E-state index is 0.0921. The molecule has 0 saturated heterocycles. The minimum atomic E-state index is -0.0921. The van der Waals surface area contributed by atoms with Gasteiger partial charge in [0, 0.05) is 0 Å². The zero-order valence-electron chi connectivity index (χ0n) is 9.91. The van der Waals surface area contributed by atoms with E-state index in [0.29, 0.717) is 0 Å². The van der Waals surface area contributed by atoms with Crippen LogP contribution in [0.25, 0.3) is 0 Å². The maximum atomic E-state index is 13.3. The summed E-state index contributed by atoms with van der Waals surface area (Å²) in [6.45, 7) is 1.80. The van der Waals surface area contributed by atoms with Gasteiger partial charge >= 0.3 is 0 Å². The highest BCUT2D eigenvalue weighted by Gasteiger charge is 1.99. The Hall–Kier alpha value is -1.20. The Labute approximate surface area is 104 Å². The van der Waals surface area contributed by atoms with Crippen LogP contribution in [-0.2, 0) is 6.42 Å². The lowest BCUT2D eigenvalue weighted by Gasteiger charge is -2.04. The number of benzene rings is 2. The smallest absolute Gasteiger partial charge is 0.126 e. The molecule has 2 heteroatoms. The van der Waals surface area contributed by atoms with Crippen LogP contribution in [-0.4, -0.2) is 6.16 Å². The fraction of sp³-hybridized carbons (Fsp3) is 0.200. The molecule has 0 saturated carbocycles. The molecule has 0 aromatic heterocycles. The van der Waals surface area contributed by atoms with Crippen LogP contribution in [0.3, 0.4) is 0 Å². The van der Waals surface area contributed by atoms with E-state index in [4.69, 9.17) is 0 Å². The zero-order valence-corrected chi connectivity index (χ0v) is 10.9. The van der Waals surface area contributed by atoms with Gasteiger partial charge in [-0.3, -0.25) is 0 Å². The molecule has 0 radical (unpaired) electrons. The van der Waals surface area contributed by atoms with Gasteiger partial charge < -0.3 is 0 Å². The Balaban J connectivity index is 1.88. The molecule has 0 aliphatic carbocycles. The topological polar surface area (TPSA) is 0 Å². The summed E-state index contributed by atoms with van der Waals surface area (Å²) >= 11 is 0. The van der Waals surface area contributed by atoms with Crippen LogP contribution in [0.2, 0.25) is 0 Å². The molecule has 88 valence electrons. The van der Waals surface area contributed by atoms with Crippen molar-refractivity contribution in [2.75, 3.05) is 6.16 Å². The van der Waals surface area contributed by atoms with Crippen LogP contribution in [0.5, 0.6) is 0 Å². The van der Waals surface area contributed by atoms with Crippen molar-refractivity contribution in [1.29, 1.82) is 0 Å². The maximum absolute atomic E-state index is 13.3. The first-order valence-electron chi connectivity index (χ1n) is 5.79. The van der Waals surface area contributed by atoms with Crippen LogP contribution in [0, 0.1) is 12.7 Å². The van der Waals surface area contributed by atoms with Crippen LogP contribution in [0.4, 0.5) is 4.39 Å². The SMILES string of the molecule is Cc1ccc(CCPc2ccccc2)cc1F. The Bertz CT molecular complexity index is 480. The zero-order chi connectivity index (χ0) is 12.1. The van der Waals surface area contributed by atoms with E-state index in [1.807, 2.05) is 18.2 Å². The van der Waals surface area contributed by atoms with Crippen molar-refractivity contribution in [3.05, 3.63) is 65.5 Å². The molecule has 1 unspecified atom stereocenters. The highest BCUT2D eigenvalue weighted by Crippen LogP contribution is 2.15. The molecule has 0 aliphatic rings. The quantitative estimate of drug-likeness (QED) is 0.722.